The smallest absolute Gasteiger partial charge is 0.293 e. The lowest BCUT2D eigenvalue weighted by atomic mass is 10.1. The van der Waals surface area contributed by atoms with Crippen molar-refractivity contribution in [3.8, 4) is 6.07 Å². The van der Waals surface area contributed by atoms with Crippen LogP contribution in [-0.4, -0.2) is 20.6 Å². The van der Waals surface area contributed by atoms with Crippen LogP contribution in [0.2, 0.25) is 0 Å². The Bertz CT molecular complexity index is 1180. The van der Waals surface area contributed by atoms with Crippen LogP contribution in [0.15, 0.2) is 59.6 Å². The molecular formula is C21H14FN3O2S. The molecule has 28 heavy (non-hydrogen) atoms. The zero-order valence-electron chi connectivity index (χ0n) is 14.6. The molecule has 0 radical (unpaired) electrons. The fourth-order valence-corrected chi connectivity index (χ4v) is 4.00. The van der Waals surface area contributed by atoms with Gasteiger partial charge in [0.1, 0.15) is 12.4 Å². The van der Waals surface area contributed by atoms with Gasteiger partial charge in [0.25, 0.3) is 11.1 Å². The average Bonchev–Trinajstić information content (AvgIpc) is 3.16. The SMILES string of the molecule is N#CCn1cc(C=C2SC(=O)N(Cc3ccccc3F)C2=O)c2ccccc21. The quantitative estimate of drug-likeness (QED) is 0.613. The van der Waals surface area contributed by atoms with Gasteiger partial charge < -0.3 is 4.57 Å². The molecule has 5 nitrogen and oxygen atoms in total. The Labute approximate surface area is 164 Å². The van der Waals surface area contributed by atoms with Gasteiger partial charge in [0.05, 0.1) is 17.5 Å². The molecule has 1 aliphatic heterocycles. The summed E-state index contributed by atoms with van der Waals surface area (Å²) in [5.74, 6) is -0.902. The Morgan fingerprint density at radius 1 is 1.11 bits per heavy atom. The summed E-state index contributed by atoms with van der Waals surface area (Å²) in [7, 11) is 0. The molecule has 2 aromatic carbocycles. The minimum atomic E-state index is -0.454. The summed E-state index contributed by atoms with van der Waals surface area (Å²) in [5, 5.41) is 9.48. The van der Waals surface area contributed by atoms with Crippen molar-refractivity contribution >= 4 is 39.9 Å². The van der Waals surface area contributed by atoms with Gasteiger partial charge in [0, 0.05) is 28.2 Å². The van der Waals surface area contributed by atoms with Crippen molar-refractivity contribution in [3.05, 3.63) is 76.6 Å². The van der Waals surface area contributed by atoms with E-state index in [2.05, 4.69) is 6.07 Å². The minimum absolute atomic E-state index is 0.106. The molecule has 4 rings (SSSR count). The van der Waals surface area contributed by atoms with E-state index in [1.54, 1.807) is 35.0 Å². The molecule has 1 fully saturated rings. The third-order valence-corrected chi connectivity index (χ3v) is 5.41. The summed E-state index contributed by atoms with van der Waals surface area (Å²) in [6.45, 7) is 0.0774. The molecule has 0 aliphatic carbocycles. The number of aromatic nitrogens is 1. The Morgan fingerprint density at radius 3 is 2.64 bits per heavy atom. The van der Waals surface area contributed by atoms with Gasteiger partial charge in [-0.15, -0.1) is 0 Å². The number of nitrogens with zero attached hydrogens (tertiary/aromatic N) is 3. The Hall–Kier alpha value is -3.37. The highest BCUT2D eigenvalue weighted by molar-refractivity contribution is 8.18. The number of rotatable bonds is 4. The third kappa shape index (κ3) is 3.19. The number of nitriles is 1. The molecule has 0 bridgehead atoms. The second-order valence-corrected chi connectivity index (χ2v) is 7.24. The van der Waals surface area contributed by atoms with Crippen LogP contribution >= 0.6 is 11.8 Å². The van der Waals surface area contributed by atoms with E-state index in [0.717, 1.165) is 33.1 Å². The van der Waals surface area contributed by atoms with Crippen LogP contribution in [0.3, 0.4) is 0 Å². The first kappa shape index (κ1) is 18.0. The van der Waals surface area contributed by atoms with Crippen LogP contribution in [-0.2, 0) is 17.9 Å². The van der Waals surface area contributed by atoms with Gasteiger partial charge in [-0.3, -0.25) is 14.5 Å². The van der Waals surface area contributed by atoms with Gasteiger partial charge in [0.15, 0.2) is 0 Å². The van der Waals surface area contributed by atoms with Crippen LogP contribution in [0.5, 0.6) is 0 Å². The van der Waals surface area contributed by atoms with Crippen molar-refractivity contribution in [2.75, 3.05) is 0 Å². The summed E-state index contributed by atoms with van der Waals surface area (Å²) in [6, 6.07) is 15.7. The van der Waals surface area contributed by atoms with Crippen LogP contribution < -0.4 is 0 Å². The van der Waals surface area contributed by atoms with Gasteiger partial charge >= 0.3 is 0 Å². The number of hydrogen-bond donors (Lipinski definition) is 0. The number of carbonyl (C=O) groups excluding carboxylic acids is 2. The van der Waals surface area contributed by atoms with Crippen molar-refractivity contribution in [2.45, 2.75) is 13.1 Å². The second-order valence-electron chi connectivity index (χ2n) is 6.25. The molecule has 0 N–H and O–H groups in total. The lowest BCUT2D eigenvalue weighted by Crippen LogP contribution is -2.27. The molecule has 1 aliphatic rings. The molecule has 1 saturated heterocycles. The van der Waals surface area contributed by atoms with Crippen LogP contribution in [0.1, 0.15) is 11.1 Å². The Morgan fingerprint density at radius 2 is 1.86 bits per heavy atom. The van der Waals surface area contributed by atoms with E-state index in [9.17, 15) is 14.0 Å². The van der Waals surface area contributed by atoms with E-state index in [1.165, 1.54) is 6.07 Å². The number of benzene rings is 2. The lowest BCUT2D eigenvalue weighted by Gasteiger charge is -2.12. The number of fused-ring (bicyclic) bond motifs is 1. The highest BCUT2D eigenvalue weighted by Crippen LogP contribution is 2.35. The number of imide groups is 1. The van der Waals surface area contributed by atoms with E-state index >= 15 is 0 Å². The van der Waals surface area contributed by atoms with Gasteiger partial charge in [0.2, 0.25) is 0 Å². The van der Waals surface area contributed by atoms with Crippen molar-refractivity contribution in [1.82, 2.24) is 9.47 Å². The van der Waals surface area contributed by atoms with E-state index in [-0.39, 0.29) is 23.6 Å². The summed E-state index contributed by atoms with van der Waals surface area (Å²) in [6.07, 6.45) is 3.45. The van der Waals surface area contributed by atoms with Gasteiger partial charge in [-0.2, -0.15) is 5.26 Å². The highest BCUT2D eigenvalue weighted by atomic mass is 32.2. The zero-order valence-corrected chi connectivity index (χ0v) is 15.4. The van der Waals surface area contributed by atoms with E-state index in [4.69, 9.17) is 5.26 Å². The first-order valence-corrected chi connectivity index (χ1v) is 9.33. The van der Waals surface area contributed by atoms with Crippen molar-refractivity contribution in [3.63, 3.8) is 0 Å². The largest absolute Gasteiger partial charge is 0.333 e. The molecule has 0 spiro atoms. The van der Waals surface area contributed by atoms with E-state index in [1.807, 2.05) is 24.3 Å². The summed E-state index contributed by atoms with van der Waals surface area (Å²) < 4.78 is 15.7. The molecule has 2 amide bonds. The normalized spacial score (nSPS) is 15.6. The fraction of sp³-hybridized carbons (Fsp3) is 0.0952. The molecule has 0 atom stereocenters. The summed E-state index contributed by atoms with van der Waals surface area (Å²) >= 11 is 0.835. The lowest BCUT2D eigenvalue weighted by molar-refractivity contribution is -0.123. The number of halogens is 1. The monoisotopic (exact) mass is 391 g/mol. The maximum absolute atomic E-state index is 13.9. The first-order chi connectivity index (χ1) is 13.6. The number of hydrogen-bond acceptors (Lipinski definition) is 4. The number of para-hydroxylation sites is 1. The summed E-state index contributed by atoms with van der Waals surface area (Å²) in [4.78, 5) is 26.4. The van der Waals surface area contributed by atoms with E-state index in [0.29, 0.717) is 0 Å². The van der Waals surface area contributed by atoms with Crippen molar-refractivity contribution in [2.24, 2.45) is 0 Å². The standard InChI is InChI=1S/C21H14FN3O2S/c22-17-7-3-1-5-14(17)13-25-20(26)19(28-21(25)27)11-15-12-24(10-9-23)18-8-4-2-6-16(15)18/h1-8,11-12H,10,13H2. The van der Waals surface area contributed by atoms with E-state index < -0.39 is 17.0 Å². The van der Waals surface area contributed by atoms with Gasteiger partial charge in [-0.1, -0.05) is 36.4 Å². The summed E-state index contributed by atoms with van der Waals surface area (Å²) in [5.41, 5.74) is 1.92. The molecule has 2 heterocycles. The maximum Gasteiger partial charge on any atom is 0.293 e. The number of carbonyl (C=O) groups is 2. The van der Waals surface area contributed by atoms with Crippen LogP contribution in [0, 0.1) is 17.1 Å². The molecule has 0 saturated carbocycles. The maximum atomic E-state index is 13.9. The Balaban J connectivity index is 1.67. The molecule has 3 aromatic rings. The van der Waals surface area contributed by atoms with Gasteiger partial charge in [-0.25, -0.2) is 4.39 Å². The fourth-order valence-electron chi connectivity index (χ4n) is 3.17. The topological polar surface area (TPSA) is 66.1 Å². The average molecular weight is 391 g/mol. The van der Waals surface area contributed by atoms with Gasteiger partial charge in [-0.05, 0) is 30.0 Å². The highest BCUT2D eigenvalue weighted by Gasteiger charge is 2.35. The van der Waals surface area contributed by atoms with Crippen LogP contribution in [0.4, 0.5) is 9.18 Å². The predicted molar refractivity (Wildman–Crippen MR) is 105 cm³/mol. The van der Waals surface area contributed by atoms with Crippen molar-refractivity contribution in [1.29, 1.82) is 5.26 Å². The number of thioether (sulfide) groups is 1. The molecule has 7 heteroatoms. The second kappa shape index (κ2) is 7.33. The molecule has 0 unspecified atom stereocenters. The predicted octanol–water partition coefficient (Wildman–Crippen LogP) is 4.54. The Kier molecular flexibility index (Phi) is 4.72. The molecule has 138 valence electrons. The third-order valence-electron chi connectivity index (χ3n) is 4.51. The molecular weight excluding hydrogens is 377 g/mol. The van der Waals surface area contributed by atoms with Crippen molar-refractivity contribution < 1.29 is 14.0 Å². The zero-order chi connectivity index (χ0) is 19.7. The number of amides is 2. The first-order valence-electron chi connectivity index (χ1n) is 8.52. The minimum Gasteiger partial charge on any atom is -0.333 e. The van der Waals surface area contributed by atoms with Crippen LogP contribution in [0.25, 0.3) is 17.0 Å². The molecule has 1 aromatic heterocycles.